The van der Waals surface area contributed by atoms with Crippen molar-refractivity contribution in [3.05, 3.63) is 86.0 Å². The van der Waals surface area contributed by atoms with Crippen LogP contribution in [0.2, 0.25) is 0 Å². The molecule has 2 aliphatic carbocycles. The van der Waals surface area contributed by atoms with Crippen LogP contribution in [0.4, 0.5) is 9.18 Å². The maximum atomic E-state index is 15.7. The first-order valence-electron chi connectivity index (χ1n) is 23.6. The number of hydrogen-bond donors (Lipinski definition) is 7. The maximum absolute atomic E-state index is 15.7. The lowest BCUT2D eigenvalue weighted by Gasteiger charge is -2.33. The number of primary amides is 1. The molecule has 18 nitrogen and oxygen atoms in total. The third-order valence-corrected chi connectivity index (χ3v) is 13.5. The van der Waals surface area contributed by atoms with E-state index in [0.29, 0.717) is 72.1 Å². The van der Waals surface area contributed by atoms with E-state index in [-0.39, 0.29) is 69.0 Å². The molecule has 370 valence electrons. The molecule has 0 saturated heterocycles. The van der Waals surface area contributed by atoms with Crippen molar-refractivity contribution in [3.8, 4) is 11.4 Å². The number of rotatable bonds is 18. The third kappa shape index (κ3) is 11.7. The number of nitrogens with one attached hydrogen (secondary N) is 5. The van der Waals surface area contributed by atoms with Crippen molar-refractivity contribution in [1.82, 2.24) is 36.1 Å². The largest absolute Gasteiger partial charge is 0.444 e. The van der Waals surface area contributed by atoms with Crippen molar-refractivity contribution in [2.75, 3.05) is 32.8 Å². The van der Waals surface area contributed by atoms with Crippen LogP contribution in [0, 0.1) is 30.5 Å². The van der Waals surface area contributed by atoms with Crippen LogP contribution in [-0.4, -0.2) is 94.7 Å². The number of benzene rings is 1. The van der Waals surface area contributed by atoms with E-state index in [1.807, 2.05) is 37.3 Å². The van der Waals surface area contributed by atoms with Gasteiger partial charge in [0.15, 0.2) is 0 Å². The van der Waals surface area contributed by atoms with Gasteiger partial charge in [0.05, 0.1) is 49.8 Å². The minimum Gasteiger partial charge on any atom is -0.444 e. The predicted molar refractivity (Wildman–Crippen MR) is 253 cm³/mol. The zero-order valence-electron chi connectivity index (χ0n) is 39.9. The van der Waals surface area contributed by atoms with Crippen LogP contribution in [0.1, 0.15) is 99.6 Å². The number of nitrogens with two attached hydrogens (primary N) is 1. The molecule has 4 heterocycles. The molecule has 0 fully saturated rings. The van der Waals surface area contributed by atoms with Gasteiger partial charge in [0, 0.05) is 35.5 Å². The number of hydrogen-bond acceptors (Lipinski definition) is 11. The average Bonchev–Trinajstić information content (AvgIpc) is 3.68. The van der Waals surface area contributed by atoms with E-state index in [0.717, 1.165) is 22.1 Å². The van der Waals surface area contributed by atoms with Crippen LogP contribution < -0.4 is 37.9 Å². The quantitative estimate of drug-likeness (QED) is 0.0714. The molecule has 4 aliphatic rings. The van der Waals surface area contributed by atoms with E-state index < -0.39 is 71.8 Å². The van der Waals surface area contributed by atoms with Gasteiger partial charge in [-0.25, -0.2) is 14.2 Å². The number of pyridine rings is 2. The average molecular weight is 955 g/mol. The molecule has 2 aromatic heterocycles. The van der Waals surface area contributed by atoms with Crippen molar-refractivity contribution in [2.24, 2.45) is 23.5 Å². The molecule has 0 saturated carbocycles. The van der Waals surface area contributed by atoms with Crippen molar-refractivity contribution >= 4 is 46.5 Å². The number of allylic oxidation sites excluding steroid dienone is 4. The number of carbonyl (C=O) groups is 6. The van der Waals surface area contributed by atoms with Gasteiger partial charge < -0.3 is 51.5 Å². The lowest BCUT2D eigenvalue weighted by Crippen LogP contribution is -2.52. The normalized spacial score (nSPS) is 19.6. The molecule has 1 aromatic carbocycles. The highest BCUT2D eigenvalue weighted by molar-refractivity contribution is 5.94. The Labute approximate surface area is 399 Å². The summed E-state index contributed by atoms with van der Waals surface area (Å²) >= 11 is 0. The van der Waals surface area contributed by atoms with Crippen molar-refractivity contribution in [2.45, 2.75) is 116 Å². The summed E-state index contributed by atoms with van der Waals surface area (Å²) < 4.78 is 28.1. The highest BCUT2D eigenvalue weighted by atomic mass is 19.1. The van der Waals surface area contributed by atoms with Crippen LogP contribution in [0.3, 0.4) is 0 Å². The SMILES string of the molecule is CC[C@@]1(O)COCc2c1cc1n(c2=O)Cc2c-1nc1cc(F)c(C)c3c1c2CC(C(CCCNC(=O)CNC(=O)[C@H](CC1C=CC=CC1)NC(=O)CNC(=O)CNC(=O)OC(C)(C)C)CC(N)=O)C3. The Morgan fingerprint density at radius 3 is 2.42 bits per heavy atom. The first-order chi connectivity index (χ1) is 32.7. The molecule has 3 unspecified atom stereocenters. The molecule has 3 aromatic rings. The van der Waals surface area contributed by atoms with E-state index in [2.05, 4.69) is 26.6 Å². The second-order valence-electron chi connectivity index (χ2n) is 19.6. The summed E-state index contributed by atoms with van der Waals surface area (Å²) in [6.45, 7) is 7.92. The summed E-state index contributed by atoms with van der Waals surface area (Å²) in [6.07, 6.45) is 10.00. The van der Waals surface area contributed by atoms with Crippen LogP contribution in [0.15, 0.2) is 41.2 Å². The number of carbonyl (C=O) groups excluding carboxylic acids is 6. The fourth-order valence-corrected chi connectivity index (χ4v) is 9.94. The van der Waals surface area contributed by atoms with Crippen molar-refractivity contribution in [1.29, 1.82) is 0 Å². The van der Waals surface area contributed by atoms with Gasteiger partial charge in [-0.1, -0.05) is 31.2 Å². The first-order valence-corrected chi connectivity index (χ1v) is 23.6. The predicted octanol–water partition coefficient (Wildman–Crippen LogP) is 2.87. The molecule has 7 rings (SSSR count). The minimum atomic E-state index is -1.34. The molecule has 0 radical (unpaired) electrons. The smallest absolute Gasteiger partial charge is 0.408 e. The van der Waals surface area contributed by atoms with Crippen LogP contribution in [0.25, 0.3) is 22.3 Å². The summed E-state index contributed by atoms with van der Waals surface area (Å²) in [6, 6.07) is 2.23. The van der Waals surface area contributed by atoms with E-state index in [1.165, 1.54) is 6.07 Å². The summed E-state index contributed by atoms with van der Waals surface area (Å²) in [5.41, 5.74) is 9.05. The molecule has 2 aliphatic heterocycles. The zero-order chi connectivity index (χ0) is 49.8. The molecule has 8 N–H and O–H groups in total. The van der Waals surface area contributed by atoms with Gasteiger partial charge in [-0.2, -0.15) is 0 Å². The number of halogens is 1. The number of aliphatic hydroxyl groups is 1. The fraction of sp³-hybridized carbons (Fsp3) is 0.520. The highest BCUT2D eigenvalue weighted by Crippen LogP contribution is 2.46. The van der Waals surface area contributed by atoms with Crippen molar-refractivity contribution in [3.63, 3.8) is 0 Å². The maximum Gasteiger partial charge on any atom is 0.408 e. The fourth-order valence-electron chi connectivity index (χ4n) is 9.94. The lowest BCUT2D eigenvalue weighted by molar-refractivity contribution is -0.131. The highest BCUT2D eigenvalue weighted by Gasteiger charge is 2.40. The van der Waals surface area contributed by atoms with Gasteiger partial charge >= 0.3 is 6.09 Å². The standard InChI is InChI=1S/C50H63FN8O10/c1-6-50(67)26-68-25-34-35(50)19-39-45-33(24-59(39)47(34)65)32-17-30(16-31-27(2)36(51)20-37(58-45)44(31)32)29(18-40(52)60)13-10-14-53-41(61)21-55-46(64)38(15-28-11-8-7-9-12-28)57-43(63)23-54-42(62)22-56-48(66)69-49(3,4)5/h7-9,11,19-20,28-30,38,67H,6,10,12-18,21-26H2,1-5H3,(H2,52,60)(H,53,61)(H,54,62)(H,55,64)(H,56,66)(H,57,63)/t28?,29?,30?,38-,50+/m0/s1. The molecule has 6 amide bonds. The van der Waals surface area contributed by atoms with Crippen molar-refractivity contribution < 1.29 is 47.7 Å². The molecule has 0 spiro atoms. The molecule has 5 atom stereocenters. The zero-order valence-corrected chi connectivity index (χ0v) is 39.9. The molecular weight excluding hydrogens is 892 g/mol. The number of amides is 6. The Morgan fingerprint density at radius 1 is 0.986 bits per heavy atom. The van der Waals surface area contributed by atoms with Crippen LogP contribution in [-0.2, 0) is 65.0 Å². The Kier molecular flexibility index (Phi) is 15.4. The molecular formula is C50H63FN8O10. The lowest BCUT2D eigenvalue weighted by atomic mass is 9.72. The summed E-state index contributed by atoms with van der Waals surface area (Å²) in [5.74, 6) is -3.73. The Morgan fingerprint density at radius 2 is 1.71 bits per heavy atom. The first kappa shape index (κ1) is 50.4. The Balaban J connectivity index is 0.971. The van der Waals surface area contributed by atoms with Gasteiger partial charge in [-0.05, 0) is 119 Å². The number of ether oxygens (including phenoxy) is 2. The topological polar surface area (TPSA) is 262 Å². The van der Waals surface area contributed by atoms with E-state index in [1.54, 1.807) is 32.3 Å². The Hall–Kier alpha value is -6.47. The van der Waals surface area contributed by atoms with Gasteiger partial charge in [0.2, 0.25) is 29.5 Å². The van der Waals surface area contributed by atoms with Gasteiger partial charge in [0.1, 0.15) is 29.6 Å². The van der Waals surface area contributed by atoms with Crippen LogP contribution in [0.5, 0.6) is 0 Å². The summed E-state index contributed by atoms with van der Waals surface area (Å²) in [7, 11) is 0. The van der Waals surface area contributed by atoms with E-state index in [9.17, 15) is 38.7 Å². The van der Waals surface area contributed by atoms with Crippen LogP contribution >= 0.6 is 0 Å². The molecule has 0 bridgehead atoms. The molecule has 19 heteroatoms. The van der Waals surface area contributed by atoms with E-state index >= 15 is 4.39 Å². The second kappa shape index (κ2) is 21.0. The minimum absolute atomic E-state index is 0.0581. The number of nitrogens with zero attached hydrogens (tertiary/aromatic N) is 2. The third-order valence-electron chi connectivity index (χ3n) is 13.5. The van der Waals surface area contributed by atoms with Gasteiger partial charge in [0.25, 0.3) is 5.56 Å². The summed E-state index contributed by atoms with van der Waals surface area (Å²) in [5, 5.41) is 25.1. The van der Waals surface area contributed by atoms with Gasteiger partial charge in [-0.3, -0.25) is 28.8 Å². The Bertz CT molecular complexity index is 2670. The number of alkyl carbamates (subject to hydrolysis) is 1. The second-order valence-corrected chi connectivity index (χ2v) is 19.6. The number of aromatic nitrogens is 2. The molecule has 69 heavy (non-hydrogen) atoms. The monoisotopic (exact) mass is 954 g/mol. The summed E-state index contributed by atoms with van der Waals surface area (Å²) in [4.78, 5) is 95.1. The van der Waals surface area contributed by atoms with E-state index in [4.69, 9.17) is 20.2 Å². The van der Waals surface area contributed by atoms with Gasteiger partial charge in [-0.15, -0.1) is 0 Å². The number of fused-ring (bicyclic) bond motifs is 5.